The van der Waals surface area contributed by atoms with Crippen LogP contribution in [-0.2, 0) is 4.79 Å². The average Bonchev–Trinajstić information content (AvgIpc) is 3.12. The summed E-state index contributed by atoms with van der Waals surface area (Å²) in [5.74, 6) is 1.46. The molecule has 27 heavy (non-hydrogen) atoms. The van der Waals surface area contributed by atoms with Crippen LogP contribution in [0.15, 0.2) is 30.3 Å². The van der Waals surface area contributed by atoms with Gasteiger partial charge in [0.25, 0.3) is 0 Å². The molecule has 2 N–H and O–H groups in total. The van der Waals surface area contributed by atoms with Crippen LogP contribution < -0.4 is 10.1 Å². The van der Waals surface area contributed by atoms with Gasteiger partial charge < -0.3 is 10.1 Å². The number of likely N-dealkylation sites (tertiary alicyclic amines) is 1. The summed E-state index contributed by atoms with van der Waals surface area (Å²) < 4.78 is 5.17. The Kier molecular flexibility index (Phi) is 6.50. The second-order valence-electron chi connectivity index (χ2n) is 7.41. The van der Waals surface area contributed by atoms with Gasteiger partial charge in [-0.25, -0.2) is 0 Å². The standard InChI is InChI=1S/C21H30N4O2/c1-15-6-4-7-16(2)25(15)13-5-8-21(26)22-20-14-19(23-24-20)17-9-11-18(27-3)12-10-17/h9-12,14-16H,4-8,13H2,1-3H3,(H2,22,23,24,26)/t15-,16+. The number of benzene rings is 1. The number of nitrogens with zero attached hydrogens (tertiary/aromatic N) is 2. The second-order valence-corrected chi connectivity index (χ2v) is 7.41. The highest BCUT2D eigenvalue weighted by Gasteiger charge is 2.24. The van der Waals surface area contributed by atoms with E-state index in [9.17, 15) is 4.79 Å². The fourth-order valence-corrected chi connectivity index (χ4v) is 3.85. The van der Waals surface area contributed by atoms with E-state index in [1.165, 1.54) is 19.3 Å². The number of aromatic amines is 1. The number of carbonyl (C=O) groups excluding carboxylic acids is 1. The summed E-state index contributed by atoms with van der Waals surface area (Å²) in [6, 6.07) is 10.8. The van der Waals surface area contributed by atoms with Crippen molar-refractivity contribution >= 4 is 11.7 Å². The molecule has 2 atom stereocenters. The number of carbonyl (C=O) groups is 1. The number of anilines is 1. The van der Waals surface area contributed by atoms with Crippen molar-refractivity contribution in [1.29, 1.82) is 0 Å². The molecule has 0 spiro atoms. The molecule has 1 fully saturated rings. The van der Waals surface area contributed by atoms with Crippen molar-refractivity contribution in [1.82, 2.24) is 15.1 Å². The summed E-state index contributed by atoms with van der Waals surface area (Å²) in [5, 5.41) is 10.1. The number of hydrogen-bond donors (Lipinski definition) is 2. The number of rotatable bonds is 7. The number of nitrogens with one attached hydrogen (secondary N) is 2. The zero-order valence-electron chi connectivity index (χ0n) is 16.5. The van der Waals surface area contributed by atoms with Gasteiger partial charge >= 0.3 is 0 Å². The Bertz CT molecular complexity index is 731. The van der Waals surface area contributed by atoms with E-state index in [0.717, 1.165) is 30.0 Å². The van der Waals surface area contributed by atoms with Gasteiger partial charge in [0, 0.05) is 30.1 Å². The summed E-state index contributed by atoms with van der Waals surface area (Å²) in [5.41, 5.74) is 1.77. The van der Waals surface area contributed by atoms with E-state index in [1.54, 1.807) is 7.11 Å². The van der Waals surface area contributed by atoms with Crippen LogP contribution in [0.1, 0.15) is 46.0 Å². The molecule has 146 valence electrons. The third-order valence-corrected chi connectivity index (χ3v) is 5.43. The fourth-order valence-electron chi connectivity index (χ4n) is 3.85. The normalized spacial score (nSPS) is 20.4. The lowest BCUT2D eigenvalue weighted by atomic mass is 9.97. The SMILES string of the molecule is COc1ccc(-c2cc(NC(=O)CCCN3[C@H](C)CCC[C@@H]3C)[nH]n2)cc1. The Morgan fingerprint density at radius 3 is 2.63 bits per heavy atom. The molecule has 6 nitrogen and oxygen atoms in total. The molecule has 1 aromatic carbocycles. The van der Waals surface area contributed by atoms with Crippen molar-refractivity contribution in [3.8, 4) is 17.0 Å². The molecule has 0 unspecified atom stereocenters. The number of amides is 1. The van der Waals surface area contributed by atoms with Crippen molar-refractivity contribution in [2.75, 3.05) is 19.0 Å². The Hall–Kier alpha value is -2.34. The molecular formula is C21H30N4O2. The maximum atomic E-state index is 12.3. The lowest BCUT2D eigenvalue weighted by molar-refractivity contribution is -0.116. The van der Waals surface area contributed by atoms with Gasteiger partial charge in [0.2, 0.25) is 5.91 Å². The van der Waals surface area contributed by atoms with E-state index >= 15 is 0 Å². The number of aromatic nitrogens is 2. The number of methoxy groups -OCH3 is 1. The first-order chi connectivity index (χ1) is 13.1. The number of hydrogen-bond acceptors (Lipinski definition) is 4. The topological polar surface area (TPSA) is 70.2 Å². The van der Waals surface area contributed by atoms with Gasteiger partial charge in [0.15, 0.2) is 0 Å². The molecule has 2 heterocycles. The predicted octanol–water partition coefficient (Wildman–Crippen LogP) is 4.07. The van der Waals surface area contributed by atoms with Crippen molar-refractivity contribution in [2.45, 2.75) is 58.0 Å². The van der Waals surface area contributed by atoms with Gasteiger partial charge in [0.1, 0.15) is 11.6 Å². The van der Waals surface area contributed by atoms with E-state index in [0.29, 0.717) is 24.3 Å². The molecule has 0 bridgehead atoms. The molecule has 2 aromatic rings. The van der Waals surface area contributed by atoms with Crippen molar-refractivity contribution in [3.05, 3.63) is 30.3 Å². The van der Waals surface area contributed by atoms with Gasteiger partial charge in [-0.3, -0.25) is 14.8 Å². The molecule has 0 radical (unpaired) electrons. The number of ether oxygens (including phenoxy) is 1. The first-order valence-corrected chi connectivity index (χ1v) is 9.82. The molecule has 0 aliphatic carbocycles. The van der Waals surface area contributed by atoms with Gasteiger partial charge in [-0.2, -0.15) is 5.10 Å². The monoisotopic (exact) mass is 370 g/mol. The van der Waals surface area contributed by atoms with Crippen LogP contribution in [0.25, 0.3) is 11.3 Å². The largest absolute Gasteiger partial charge is 0.497 e. The third kappa shape index (κ3) is 5.10. The minimum Gasteiger partial charge on any atom is -0.497 e. The molecule has 3 rings (SSSR count). The van der Waals surface area contributed by atoms with Crippen LogP contribution >= 0.6 is 0 Å². The van der Waals surface area contributed by atoms with Gasteiger partial charge in [-0.05, 0) is 63.9 Å². The maximum absolute atomic E-state index is 12.3. The summed E-state index contributed by atoms with van der Waals surface area (Å²) in [6.07, 6.45) is 5.24. The van der Waals surface area contributed by atoms with Crippen LogP contribution in [0, 0.1) is 0 Å². The minimum atomic E-state index is 0.0252. The molecule has 1 aromatic heterocycles. The zero-order chi connectivity index (χ0) is 19.2. The third-order valence-electron chi connectivity index (χ3n) is 5.43. The minimum absolute atomic E-state index is 0.0252. The summed E-state index contributed by atoms with van der Waals surface area (Å²) in [6.45, 7) is 5.57. The highest BCUT2D eigenvalue weighted by Crippen LogP contribution is 2.24. The second kappa shape index (κ2) is 9.04. The first-order valence-electron chi connectivity index (χ1n) is 9.82. The predicted molar refractivity (Wildman–Crippen MR) is 108 cm³/mol. The maximum Gasteiger partial charge on any atom is 0.225 e. The smallest absolute Gasteiger partial charge is 0.225 e. The van der Waals surface area contributed by atoms with E-state index in [-0.39, 0.29) is 5.91 Å². The van der Waals surface area contributed by atoms with E-state index in [4.69, 9.17) is 4.74 Å². The van der Waals surface area contributed by atoms with Crippen molar-refractivity contribution in [3.63, 3.8) is 0 Å². The Morgan fingerprint density at radius 2 is 1.96 bits per heavy atom. The van der Waals surface area contributed by atoms with Gasteiger partial charge in [-0.1, -0.05) is 6.42 Å². The Labute approximate surface area is 161 Å². The quantitative estimate of drug-likeness (QED) is 0.771. The number of H-pyrrole nitrogens is 1. The highest BCUT2D eigenvalue weighted by atomic mass is 16.5. The van der Waals surface area contributed by atoms with E-state index in [1.807, 2.05) is 30.3 Å². The van der Waals surface area contributed by atoms with Gasteiger partial charge in [0.05, 0.1) is 12.8 Å². The summed E-state index contributed by atoms with van der Waals surface area (Å²) in [7, 11) is 1.64. The van der Waals surface area contributed by atoms with Crippen LogP contribution in [0.5, 0.6) is 5.75 Å². The first kappa shape index (κ1) is 19.4. The van der Waals surface area contributed by atoms with Gasteiger partial charge in [-0.15, -0.1) is 0 Å². The summed E-state index contributed by atoms with van der Waals surface area (Å²) in [4.78, 5) is 14.8. The fraction of sp³-hybridized carbons (Fsp3) is 0.524. The van der Waals surface area contributed by atoms with Crippen LogP contribution in [0.3, 0.4) is 0 Å². The molecular weight excluding hydrogens is 340 g/mol. The average molecular weight is 370 g/mol. The van der Waals surface area contributed by atoms with Crippen molar-refractivity contribution < 1.29 is 9.53 Å². The van der Waals surface area contributed by atoms with Crippen LogP contribution in [-0.4, -0.2) is 46.7 Å². The molecule has 1 saturated heterocycles. The lowest BCUT2D eigenvalue weighted by Crippen LogP contribution is -2.44. The Morgan fingerprint density at radius 1 is 1.26 bits per heavy atom. The molecule has 1 aliphatic heterocycles. The van der Waals surface area contributed by atoms with Crippen LogP contribution in [0.4, 0.5) is 5.82 Å². The summed E-state index contributed by atoms with van der Waals surface area (Å²) >= 11 is 0. The molecule has 0 saturated carbocycles. The molecule has 1 amide bonds. The molecule has 6 heteroatoms. The Balaban J connectivity index is 1.47. The van der Waals surface area contributed by atoms with Crippen LogP contribution in [0.2, 0.25) is 0 Å². The number of piperidine rings is 1. The van der Waals surface area contributed by atoms with E-state index < -0.39 is 0 Å². The van der Waals surface area contributed by atoms with E-state index in [2.05, 4.69) is 34.3 Å². The zero-order valence-corrected chi connectivity index (χ0v) is 16.5. The van der Waals surface area contributed by atoms with Crippen molar-refractivity contribution in [2.24, 2.45) is 0 Å². The highest BCUT2D eigenvalue weighted by molar-refractivity contribution is 5.90. The lowest BCUT2D eigenvalue weighted by Gasteiger charge is -2.39. The molecule has 1 aliphatic rings.